The van der Waals surface area contributed by atoms with Crippen LogP contribution >= 0.6 is 0 Å². The topological polar surface area (TPSA) is 54.0 Å². The molecule has 7 heteroatoms. The van der Waals surface area contributed by atoms with Crippen LogP contribution in [0, 0.1) is 6.92 Å². The molecule has 138 valence electrons. The number of aryl methyl sites for hydroxylation is 1. The molecule has 4 nitrogen and oxygen atoms in total. The van der Waals surface area contributed by atoms with Crippen LogP contribution in [0.15, 0.2) is 66.9 Å². The Morgan fingerprint density at radius 3 is 2.30 bits per heavy atom. The van der Waals surface area contributed by atoms with Crippen LogP contribution in [0.25, 0.3) is 0 Å². The zero-order chi connectivity index (χ0) is 19.4. The van der Waals surface area contributed by atoms with Crippen molar-refractivity contribution in [1.29, 1.82) is 0 Å². The number of hydrogen-bond acceptors (Lipinski definition) is 3. The number of aromatic nitrogens is 1. The SMILES string of the molecule is Cc1cccc(Nc2ccc(C(=O)Nc3ccc(C(F)(F)F)cc3)cn2)c1. The fourth-order valence-corrected chi connectivity index (χ4v) is 2.42. The predicted octanol–water partition coefficient (Wildman–Crippen LogP) is 5.40. The number of alkyl halides is 3. The monoisotopic (exact) mass is 371 g/mol. The van der Waals surface area contributed by atoms with Gasteiger partial charge in [-0.3, -0.25) is 4.79 Å². The minimum absolute atomic E-state index is 0.273. The number of carbonyl (C=O) groups is 1. The highest BCUT2D eigenvalue weighted by Gasteiger charge is 2.29. The Bertz CT molecular complexity index is 936. The summed E-state index contributed by atoms with van der Waals surface area (Å²) >= 11 is 0. The van der Waals surface area contributed by atoms with E-state index in [9.17, 15) is 18.0 Å². The maximum Gasteiger partial charge on any atom is 0.416 e. The summed E-state index contributed by atoms with van der Waals surface area (Å²) in [7, 11) is 0. The molecular formula is C20H16F3N3O. The molecule has 0 unspecified atom stereocenters. The summed E-state index contributed by atoms with van der Waals surface area (Å²) in [6, 6.07) is 15.3. The van der Waals surface area contributed by atoms with Gasteiger partial charge < -0.3 is 10.6 Å². The highest BCUT2D eigenvalue weighted by Crippen LogP contribution is 2.29. The minimum Gasteiger partial charge on any atom is -0.340 e. The third kappa shape index (κ3) is 4.84. The third-order valence-electron chi connectivity index (χ3n) is 3.79. The first-order valence-corrected chi connectivity index (χ1v) is 8.09. The molecule has 0 saturated carbocycles. The van der Waals surface area contributed by atoms with Crippen LogP contribution in [0.2, 0.25) is 0 Å². The molecule has 0 spiro atoms. The van der Waals surface area contributed by atoms with Gasteiger partial charge in [-0.25, -0.2) is 4.98 Å². The second-order valence-corrected chi connectivity index (χ2v) is 5.96. The van der Waals surface area contributed by atoms with Crippen LogP contribution in [0.5, 0.6) is 0 Å². The highest BCUT2D eigenvalue weighted by atomic mass is 19.4. The summed E-state index contributed by atoms with van der Waals surface area (Å²) in [6.07, 6.45) is -3.01. The zero-order valence-electron chi connectivity index (χ0n) is 14.3. The molecule has 3 aromatic rings. The van der Waals surface area contributed by atoms with Gasteiger partial charge in [-0.2, -0.15) is 13.2 Å². The maximum absolute atomic E-state index is 12.6. The van der Waals surface area contributed by atoms with Crippen molar-refractivity contribution in [2.24, 2.45) is 0 Å². The van der Waals surface area contributed by atoms with Crippen molar-refractivity contribution in [1.82, 2.24) is 4.98 Å². The van der Waals surface area contributed by atoms with E-state index in [0.29, 0.717) is 11.4 Å². The van der Waals surface area contributed by atoms with Crippen LogP contribution < -0.4 is 10.6 Å². The van der Waals surface area contributed by atoms with Gasteiger partial charge in [0, 0.05) is 17.6 Å². The van der Waals surface area contributed by atoms with E-state index in [1.54, 1.807) is 12.1 Å². The quantitative estimate of drug-likeness (QED) is 0.645. The van der Waals surface area contributed by atoms with E-state index in [1.165, 1.54) is 18.3 Å². The van der Waals surface area contributed by atoms with E-state index in [2.05, 4.69) is 15.6 Å². The Morgan fingerprint density at radius 1 is 0.963 bits per heavy atom. The number of rotatable bonds is 4. The van der Waals surface area contributed by atoms with Crippen LogP contribution in [0.4, 0.5) is 30.4 Å². The average Bonchev–Trinajstić information content (AvgIpc) is 2.62. The van der Waals surface area contributed by atoms with Crippen LogP contribution in [0.1, 0.15) is 21.5 Å². The Kier molecular flexibility index (Phi) is 5.12. The number of pyridine rings is 1. The number of hydrogen-bond donors (Lipinski definition) is 2. The van der Waals surface area contributed by atoms with E-state index in [4.69, 9.17) is 0 Å². The average molecular weight is 371 g/mol. The molecule has 0 fully saturated rings. The van der Waals surface area contributed by atoms with E-state index in [1.807, 2.05) is 31.2 Å². The molecule has 0 aliphatic rings. The van der Waals surface area contributed by atoms with Gasteiger partial charge in [0.05, 0.1) is 11.1 Å². The summed E-state index contributed by atoms with van der Waals surface area (Å²) in [5.74, 6) is 0.121. The second-order valence-electron chi connectivity index (χ2n) is 5.96. The van der Waals surface area contributed by atoms with Crippen molar-refractivity contribution < 1.29 is 18.0 Å². The third-order valence-corrected chi connectivity index (χ3v) is 3.79. The van der Waals surface area contributed by atoms with Crippen LogP contribution in [-0.4, -0.2) is 10.9 Å². The molecule has 27 heavy (non-hydrogen) atoms. The molecule has 0 aliphatic heterocycles. The van der Waals surface area contributed by atoms with Crippen molar-refractivity contribution in [2.75, 3.05) is 10.6 Å². The number of amides is 1. The number of nitrogens with one attached hydrogen (secondary N) is 2. The Hall–Kier alpha value is -3.35. The lowest BCUT2D eigenvalue weighted by Crippen LogP contribution is -2.13. The molecule has 1 heterocycles. The van der Waals surface area contributed by atoms with Crippen molar-refractivity contribution in [3.8, 4) is 0 Å². The number of nitrogens with zero attached hydrogens (tertiary/aromatic N) is 1. The zero-order valence-corrected chi connectivity index (χ0v) is 14.3. The van der Waals surface area contributed by atoms with Gasteiger partial charge in [0.15, 0.2) is 0 Å². The summed E-state index contributed by atoms with van der Waals surface area (Å²) in [5.41, 5.74) is 1.78. The highest BCUT2D eigenvalue weighted by molar-refractivity contribution is 6.04. The summed E-state index contributed by atoms with van der Waals surface area (Å²) < 4.78 is 37.7. The molecule has 1 aromatic heterocycles. The molecule has 2 N–H and O–H groups in total. The molecule has 0 atom stereocenters. The van der Waals surface area contributed by atoms with Gasteiger partial charge in [0.1, 0.15) is 5.82 Å². The Labute approximate surface area is 154 Å². The second kappa shape index (κ2) is 7.49. The van der Waals surface area contributed by atoms with Gasteiger partial charge in [-0.15, -0.1) is 0 Å². The van der Waals surface area contributed by atoms with Crippen LogP contribution in [0.3, 0.4) is 0 Å². The summed E-state index contributed by atoms with van der Waals surface area (Å²) in [5, 5.41) is 5.68. The van der Waals surface area contributed by atoms with Crippen molar-refractivity contribution in [3.05, 3.63) is 83.6 Å². The molecule has 3 rings (SSSR count). The number of benzene rings is 2. The molecule has 2 aromatic carbocycles. The number of carbonyl (C=O) groups excluding carboxylic acids is 1. The maximum atomic E-state index is 12.6. The minimum atomic E-state index is -4.41. The van der Waals surface area contributed by atoms with Gasteiger partial charge in [0.25, 0.3) is 5.91 Å². The first-order chi connectivity index (χ1) is 12.8. The van der Waals surface area contributed by atoms with E-state index in [-0.39, 0.29) is 5.69 Å². The van der Waals surface area contributed by atoms with Gasteiger partial charge in [-0.05, 0) is 61.0 Å². The number of halogens is 3. The van der Waals surface area contributed by atoms with Gasteiger partial charge >= 0.3 is 6.18 Å². The van der Waals surface area contributed by atoms with Crippen molar-refractivity contribution in [2.45, 2.75) is 13.1 Å². The van der Waals surface area contributed by atoms with Gasteiger partial charge in [0.2, 0.25) is 0 Å². The standard InChI is InChI=1S/C20H16F3N3O/c1-13-3-2-4-17(11-13)25-18-10-5-14(12-24-18)19(27)26-16-8-6-15(7-9-16)20(21,22)23/h2-12H,1H3,(H,24,25)(H,26,27). The van der Waals surface area contributed by atoms with Crippen LogP contribution in [-0.2, 0) is 6.18 Å². The predicted molar refractivity (Wildman–Crippen MR) is 98.1 cm³/mol. The smallest absolute Gasteiger partial charge is 0.340 e. The van der Waals surface area contributed by atoms with E-state index < -0.39 is 17.6 Å². The molecule has 0 saturated heterocycles. The molecule has 0 aliphatic carbocycles. The normalized spacial score (nSPS) is 11.1. The lowest BCUT2D eigenvalue weighted by molar-refractivity contribution is -0.137. The molecular weight excluding hydrogens is 355 g/mol. The Morgan fingerprint density at radius 2 is 1.70 bits per heavy atom. The first kappa shape index (κ1) is 18.4. The summed E-state index contributed by atoms with van der Waals surface area (Å²) in [6.45, 7) is 1.98. The fraction of sp³-hybridized carbons (Fsp3) is 0.100. The lowest BCUT2D eigenvalue weighted by Gasteiger charge is -2.09. The van der Waals surface area contributed by atoms with Gasteiger partial charge in [-0.1, -0.05) is 12.1 Å². The van der Waals surface area contributed by atoms with Crippen molar-refractivity contribution >= 4 is 23.1 Å². The lowest BCUT2D eigenvalue weighted by atomic mass is 10.2. The van der Waals surface area contributed by atoms with Crippen molar-refractivity contribution in [3.63, 3.8) is 0 Å². The largest absolute Gasteiger partial charge is 0.416 e. The Balaban J connectivity index is 1.65. The molecule has 1 amide bonds. The van der Waals surface area contributed by atoms with E-state index >= 15 is 0 Å². The van der Waals surface area contributed by atoms with E-state index in [0.717, 1.165) is 23.4 Å². The number of anilines is 3. The summed E-state index contributed by atoms with van der Waals surface area (Å²) in [4.78, 5) is 16.4. The molecule has 0 radical (unpaired) electrons. The fourth-order valence-electron chi connectivity index (χ4n) is 2.42. The first-order valence-electron chi connectivity index (χ1n) is 8.09. The molecule has 0 bridgehead atoms.